The molecule has 0 spiro atoms. The van der Waals surface area contributed by atoms with Crippen molar-refractivity contribution in [1.29, 1.82) is 0 Å². The van der Waals surface area contributed by atoms with Crippen molar-refractivity contribution in [2.45, 2.75) is 43.9 Å². The molecule has 2 aromatic rings. The summed E-state index contributed by atoms with van der Waals surface area (Å²) in [6.45, 7) is 1.08. The number of sulfone groups is 1. The van der Waals surface area contributed by atoms with Crippen LogP contribution < -0.4 is 10.1 Å². The van der Waals surface area contributed by atoms with E-state index in [0.717, 1.165) is 25.7 Å². The highest BCUT2D eigenvalue weighted by Gasteiger charge is 2.28. The van der Waals surface area contributed by atoms with Gasteiger partial charge in [0, 0.05) is 30.6 Å². The number of benzene rings is 1. The third-order valence-electron chi connectivity index (χ3n) is 4.69. The molecule has 7 nitrogen and oxygen atoms in total. The highest BCUT2D eigenvalue weighted by atomic mass is 32.2. The zero-order valence-corrected chi connectivity index (χ0v) is 16.0. The molecule has 1 fully saturated rings. The highest BCUT2D eigenvalue weighted by Crippen LogP contribution is 2.25. The van der Waals surface area contributed by atoms with Crippen LogP contribution in [0.15, 0.2) is 42.7 Å². The number of amides is 1. The molecule has 0 atom stereocenters. The third kappa shape index (κ3) is 5.82. The second-order valence-electron chi connectivity index (χ2n) is 6.72. The topological polar surface area (TPSA) is 90.3 Å². The van der Waals surface area contributed by atoms with E-state index in [0.29, 0.717) is 24.6 Å². The van der Waals surface area contributed by atoms with Gasteiger partial charge in [0.15, 0.2) is 9.84 Å². The fourth-order valence-electron chi connectivity index (χ4n) is 3.23. The molecule has 1 saturated carbocycles. The van der Waals surface area contributed by atoms with E-state index in [4.69, 9.17) is 4.74 Å². The molecule has 1 aliphatic rings. The lowest BCUT2D eigenvalue weighted by Gasteiger charge is -2.12. The SMILES string of the molecule is O=C(CCS(=O)(=O)C1CCCC1)Nc1cccc(OCCn2cccn2)c1. The van der Waals surface area contributed by atoms with Gasteiger partial charge in [-0.2, -0.15) is 5.10 Å². The zero-order valence-electron chi connectivity index (χ0n) is 15.2. The smallest absolute Gasteiger partial charge is 0.225 e. The third-order valence-corrected chi connectivity index (χ3v) is 6.95. The number of nitrogens with one attached hydrogen (secondary N) is 1. The van der Waals surface area contributed by atoms with E-state index in [1.807, 2.05) is 18.3 Å². The predicted molar refractivity (Wildman–Crippen MR) is 103 cm³/mol. The maximum Gasteiger partial charge on any atom is 0.225 e. The monoisotopic (exact) mass is 391 g/mol. The van der Waals surface area contributed by atoms with Crippen molar-refractivity contribution < 1.29 is 17.9 Å². The Morgan fingerprint density at radius 1 is 1.26 bits per heavy atom. The maximum absolute atomic E-state index is 12.3. The summed E-state index contributed by atoms with van der Waals surface area (Å²) in [4.78, 5) is 12.1. The van der Waals surface area contributed by atoms with Crippen LogP contribution in [0.25, 0.3) is 0 Å². The van der Waals surface area contributed by atoms with Gasteiger partial charge in [-0.15, -0.1) is 0 Å². The Morgan fingerprint density at radius 3 is 2.81 bits per heavy atom. The molecule has 1 heterocycles. The Labute approximate surface area is 159 Å². The van der Waals surface area contributed by atoms with Gasteiger partial charge in [0.2, 0.25) is 5.91 Å². The molecule has 1 aliphatic carbocycles. The van der Waals surface area contributed by atoms with Crippen LogP contribution in [0.4, 0.5) is 5.69 Å². The Morgan fingerprint density at radius 2 is 2.07 bits per heavy atom. The Bertz CT molecular complexity index is 844. The lowest BCUT2D eigenvalue weighted by Crippen LogP contribution is -2.24. The van der Waals surface area contributed by atoms with E-state index in [9.17, 15) is 13.2 Å². The molecule has 0 saturated heterocycles. The second-order valence-corrected chi connectivity index (χ2v) is 9.12. The standard InChI is InChI=1S/C19H25N3O4S/c23-19(9-14-27(24,25)18-7-1-2-8-18)21-16-5-3-6-17(15-16)26-13-12-22-11-4-10-20-22/h3-6,10-11,15,18H,1-2,7-9,12-14H2,(H,21,23). The summed E-state index contributed by atoms with van der Waals surface area (Å²) in [6.07, 6.45) is 6.92. The maximum atomic E-state index is 12.3. The van der Waals surface area contributed by atoms with Crippen molar-refractivity contribution in [1.82, 2.24) is 9.78 Å². The molecule has 0 radical (unpaired) electrons. The van der Waals surface area contributed by atoms with Crippen molar-refractivity contribution in [3.8, 4) is 5.75 Å². The van der Waals surface area contributed by atoms with Crippen molar-refractivity contribution in [3.05, 3.63) is 42.7 Å². The summed E-state index contributed by atoms with van der Waals surface area (Å²) < 4.78 is 32.0. The summed E-state index contributed by atoms with van der Waals surface area (Å²) in [7, 11) is -3.18. The zero-order chi connectivity index (χ0) is 19.1. The summed E-state index contributed by atoms with van der Waals surface area (Å²) in [5.41, 5.74) is 0.592. The van der Waals surface area contributed by atoms with Crippen LogP contribution in [0, 0.1) is 0 Å². The first-order chi connectivity index (χ1) is 13.0. The van der Waals surface area contributed by atoms with Gasteiger partial charge < -0.3 is 10.1 Å². The van der Waals surface area contributed by atoms with Crippen LogP contribution in [0.2, 0.25) is 0 Å². The van der Waals surface area contributed by atoms with Gasteiger partial charge in [-0.3, -0.25) is 9.48 Å². The van der Waals surface area contributed by atoms with Crippen LogP contribution >= 0.6 is 0 Å². The van der Waals surface area contributed by atoms with E-state index in [-0.39, 0.29) is 23.3 Å². The molecule has 3 rings (SSSR count). The van der Waals surface area contributed by atoms with E-state index in [1.165, 1.54) is 0 Å². The van der Waals surface area contributed by atoms with E-state index >= 15 is 0 Å². The first kappa shape index (κ1) is 19.4. The van der Waals surface area contributed by atoms with Crippen molar-refractivity contribution in [2.24, 2.45) is 0 Å². The number of carbonyl (C=O) groups is 1. The summed E-state index contributed by atoms with van der Waals surface area (Å²) in [5.74, 6) is 0.243. The van der Waals surface area contributed by atoms with Gasteiger partial charge in [-0.05, 0) is 31.0 Å². The molecule has 0 bridgehead atoms. The molecular weight excluding hydrogens is 366 g/mol. The number of hydrogen-bond donors (Lipinski definition) is 1. The van der Waals surface area contributed by atoms with Crippen LogP contribution in [0.3, 0.4) is 0 Å². The normalized spacial score (nSPS) is 15.0. The van der Waals surface area contributed by atoms with Crippen molar-refractivity contribution in [2.75, 3.05) is 17.7 Å². The largest absolute Gasteiger partial charge is 0.492 e. The number of nitrogens with zero attached hydrogens (tertiary/aromatic N) is 2. The summed E-state index contributed by atoms with van der Waals surface area (Å²) in [6, 6.07) is 8.93. The molecule has 146 valence electrons. The molecule has 1 N–H and O–H groups in total. The minimum absolute atomic E-state index is 0.0246. The van der Waals surface area contributed by atoms with E-state index < -0.39 is 9.84 Å². The molecule has 1 aromatic heterocycles. The van der Waals surface area contributed by atoms with Crippen molar-refractivity contribution in [3.63, 3.8) is 0 Å². The van der Waals surface area contributed by atoms with Crippen molar-refractivity contribution >= 4 is 21.4 Å². The molecule has 8 heteroatoms. The number of hydrogen-bond acceptors (Lipinski definition) is 5. The van der Waals surface area contributed by atoms with Gasteiger partial charge in [-0.1, -0.05) is 18.9 Å². The minimum Gasteiger partial charge on any atom is -0.492 e. The van der Waals surface area contributed by atoms with E-state index in [1.54, 1.807) is 29.1 Å². The number of ether oxygens (including phenoxy) is 1. The fourth-order valence-corrected chi connectivity index (χ4v) is 5.08. The average molecular weight is 391 g/mol. The summed E-state index contributed by atoms with van der Waals surface area (Å²) in [5, 5.41) is 6.59. The van der Waals surface area contributed by atoms with Crippen LogP contribution in [0.5, 0.6) is 5.75 Å². The van der Waals surface area contributed by atoms with Gasteiger partial charge in [0.05, 0.1) is 17.5 Å². The first-order valence-corrected chi connectivity index (χ1v) is 11.0. The molecule has 27 heavy (non-hydrogen) atoms. The fraction of sp³-hybridized carbons (Fsp3) is 0.474. The minimum atomic E-state index is -3.18. The quantitative estimate of drug-likeness (QED) is 0.710. The Kier molecular flexibility index (Phi) is 6.49. The van der Waals surface area contributed by atoms with Gasteiger partial charge >= 0.3 is 0 Å². The predicted octanol–water partition coefficient (Wildman–Crippen LogP) is 2.65. The van der Waals surface area contributed by atoms with Crippen LogP contribution in [-0.4, -0.2) is 41.7 Å². The Balaban J connectivity index is 1.46. The molecule has 1 amide bonds. The van der Waals surface area contributed by atoms with Gasteiger partial charge in [0.25, 0.3) is 0 Å². The average Bonchev–Trinajstić information content (AvgIpc) is 3.35. The van der Waals surface area contributed by atoms with Crippen LogP contribution in [0.1, 0.15) is 32.1 Å². The number of carbonyl (C=O) groups excluding carboxylic acids is 1. The molecular formula is C19H25N3O4S. The number of rotatable bonds is 9. The van der Waals surface area contributed by atoms with Crippen LogP contribution in [-0.2, 0) is 21.2 Å². The lowest BCUT2D eigenvalue weighted by molar-refractivity contribution is -0.115. The number of anilines is 1. The summed E-state index contributed by atoms with van der Waals surface area (Å²) >= 11 is 0. The lowest BCUT2D eigenvalue weighted by atomic mass is 10.3. The molecule has 0 unspecified atom stereocenters. The molecule has 0 aliphatic heterocycles. The van der Waals surface area contributed by atoms with E-state index in [2.05, 4.69) is 10.4 Å². The molecule has 1 aromatic carbocycles. The van der Waals surface area contributed by atoms with Gasteiger partial charge in [0.1, 0.15) is 12.4 Å². The highest BCUT2D eigenvalue weighted by molar-refractivity contribution is 7.92. The Hall–Kier alpha value is -2.35. The number of aromatic nitrogens is 2. The second kappa shape index (κ2) is 9.03. The van der Waals surface area contributed by atoms with Gasteiger partial charge in [-0.25, -0.2) is 8.42 Å². The first-order valence-electron chi connectivity index (χ1n) is 9.25.